The molecule has 5 heteroatoms. The second-order valence-corrected chi connectivity index (χ2v) is 8.33. The van der Waals surface area contributed by atoms with Gasteiger partial charge in [0.15, 0.2) is 0 Å². The normalized spacial score (nSPS) is 25.8. The molecule has 0 bridgehead atoms. The molecular weight excluding hydrogens is 355 g/mol. The molecule has 1 N–H and O–H groups in total. The van der Waals surface area contributed by atoms with Gasteiger partial charge in [-0.15, -0.1) is 0 Å². The fraction of sp³-hybridized carbons (Fsp3) is 0.435. The molecular formula is C23H27FN2O2. The van der Waals surface area contributed by atoms with Gasteiger partial charge in [0.1, 0.15) is 5.82 Å². The molecule has 2 aromatic rings. The molecule has 0 unspecified atom stereocenters. The highest BCUT2D eigenvalue weighted by atomic mass is 19.1. The van der Waals surface area contributed by atoms with E-state index >= 15 is 0 Å². The van der Waals surface area contributed by atoms with Gasteiger partial charge in [0.05, 0.1) is 6.10 Å². The zero-order chi connectivity index (χ0) is 19.7. The standard InChI is InChI=1S/C23H27FN2O2/c1-25-12-9-21(27)23(15-25)10-4-11-26(16-23)22(28)19-7-2-5-17(13-19)18-6-3-8-20(24)14-18/h2-3,5-8,13-14,21,27H,4,9-12,15-16H2,1H3/t21-,23-/m0/s1. The van der Waals surface area contributed by atoms with Crippen molar-refractivity contribution in [2.24, 2.45) is 5.41 Å². The minimum Gasteiger partial charge on any atom is -0.392 e. The van der Waals surface area contributed by atoms with Gasteiger partial charge in [-0.2, -0.15) is 0 Å². The molecule has 4 nitrogen and oxygen atoms in total. The Kier molecular flexibility index (Phi) is 5.21. The lowest BCUT2D eigenvalue weighted by molar-refractivity contribution is -0.0731. The summed E-state index contributed by atoms with van der Waals surface area (Å²) in [5.74, 6) is -0.305. The molecule has 2 fully saturated rings. The molecule has 1 amide bonds. The Morgan fingerprint density at radius 1 is 1.11 bits per heavy atom. The summed E-state index contributed by atoms with van der Waals surface area (Å²) in [6.07, 6.45) is 2.25. The number of benzene rings is 2. The summed E-state index contributed by atoms with van der Waals surface area (Å²) in [5.41, 5.74) is 1.96. The Hall–Kier alpha value is -2.24. The first-order valence-electron chi connectivity index (χ1n) is 9.99. The van der Waals surface area contributed by atoms with Crippen LogP contribution in [0, 0.1) is 11.2 Å². The number of hydrogen-bond acceptors (Lipinski definition) is 3. The molecule has 1 spiro atoms. The molecule has 28 heavy (non-hydrogen) atoms. The number of amides is 1. The second-order valence-electron chi connectivity index (χ2n) is 8.33. The number of carbonyl (C=O) groups is 1. The van der Waals surface area contributed by atoms with Gasteiger partial charge in [-0.05, 0) is 61.7 Å². The lowest BCUT2D eigenvalue weighted by atomic mass is 9.71. The number of likely N-dealkylation sites (tertiary alicyclic amines) is 2. The van der Waals surface area contributed by atoms with Crippen LogP contribution in [0.2, 0.25) is 0 Å². The maximum atomic E-state index is 13.6. The average molecular weight is 382 g/mol. The largest absolute Gasteiger partial charge is 0.392 e. The molecule has 2 aliphatic heterocycles. The topological polar surface area (TPSA) is 43.8 Å². The molecule has 2 heterocycles. The van der Waals surface area contributed by atoms with Crippen LogP contribution < -0.4 is 0 Å². The first-order chi connectivity index (χ1) is 13.5. The van der Waals surface area contributed by atoms with E-state index in [1.54, 1.807) is 6.07 Å². The fourth-order valence-corrected chi connectivity index (χ4v) is 4.79. The maximum Gasteiger partial charge on any atom is 0.253 e. The number of aliphatic hydroxyl groups is 1. The minimum atomic E-state index is -0.363. The van der Waals surface area contributed by atoms with E-state index in [9.17, 15) is 14.3 Å². The van der Waals surface area contributed by atoms with Crippen LogP contribution in [0.15, 0.2) is 48.5 Å². The highest BCUT2D eigenvalue weighted by Gasteiger charge is 2.45. The van der Waals surface area contributed by atoms with Gasteiger partial charge >= 0.3 is 0 Å². The van der Waals surface area contributed by atoms with Crippen LogP contribution in [0.4, 0.5) is 4.39 Å². The van der Waals surface area contributed by atoms with Crippen LogP contribution in [0.1, 0.15) is 29.6 Å². The van der Waals surface area contributed by atoms with Crippen molar-refractivity contribution in [2.45, 2.75) is 25.4 Å². The lowest BCUT2D eigenvalue weighted by Gasteiger charge is -2.50. The Morgan fingerprint density at radius 2 is 1.86 bits per heavy atom. The third-order valence-electron chi connectivity index (χ3n) is 6.24. The number of aliphatic hydroxyl groups excluding tert-OH is 1. The van der Waals surface area contributed by atoms with Crippen molar-refractivity contribution in [3.8, 4) is 11.1 Å². The van der Waals surface area contributed by atoms with Gasteiger partial charge in [0.2, 0.25) is 0 Å². The third kappa shape index (κ3) is 3.69. The van der Waals surface area contributed by atoms with Crippen LogP contribution >= 0.6 is 0 Å². The van der Waals surface area contributed by atoms with Crippen molar-refractivity contribution in [1.29, 1.82) is 0 Å². The molecule has 2 aromatic carbocycles. The van der Waals surface area contributed by atoms with E-state index in [1.807, 2.05) is 35.2 Å². The first kappa shape index (κ1) is 19.1. The van der Waals surface area contributed by atoms with Gasteiger partial charge in [0, 0.05) is 37.2 Å². The number of carbonyl (C=O) groups excluding carboxylic acids is 1. The van der Waals surface area contributed by atoms with Crippen molar-refractivity contribution >= 4 is 5.91 Å². The molecule has 2 saturated heterocycles. The van der Waals surface area contributed by atoms with E-state index in [0.29, 0.717) is 18.7 Å². The second kappa shape index (κ2) is 7.64. The third-order valence-corrected chi connectivity index (χ3v) is 6.24. The fourth-order valence-electron chi connectivity index (χ4n) is 4.79. The number of rotatable bonds is 2. The van der Waals surface area contributed by atoms with Crippen molar-refractivity contribution in [1.82, 2.24) is 9.80 Å². The summed E-state index contributed by atoms with van der Waals surface area (Å²) in [6, 6.07) is 13.8. The van der Waals surface area contributed by atoms with Gasteiger partial charge in [-0.1, -0.05) is 24.3 Å². The zero-order valence-electron chi connectivity index (χ0n) is 16.3. The predicted molar refractivity (Wildman–Crippen MR) is 108 cm³/mol. The van der Waals surface area contributed by atoms with Crippen molar-refractivity contribution in [2.75, 3.05) is 33.2 Å². The van der Waals surface area contributed by atoms with E-state index in [4.69, 9.17) is 0 Å². The first-order valence-corrected chi connectivity index (χ1v) is 9.99. The Bertz CT molecular complexity index is 871. The monoisotopic (exact) mass is 382 g/mol. The molecule has 0 aliphatic carbocycles. The van der Waals surface area contributed by atoms with Crippen molar-refractivity contribution in [3.63, 3.8) is 0 Å². The van der Waals surface area contributed by atoms with Crippen LogP contribution in [0.5, 0.6) is 0 Å². The Labute approximate surface area is 165 Å². The summed E-state index contributed by atoms with van der Waals surface area (Å²) >= 11 is 0. The van der Waals surface area contributed by atoms with E-state index in [1.165, 1.54) is 12.1 Å². The van der Waals surface area contributed by atoms with Crippen LogP contribution in [-0.2, 0) is 0 Å². The van der Waals surface area contributed by atoms with E-state index in [2.05, 4.69) is 11.9 Å². The SMILES string of the molecule is CN1CC[C@H](O)[C@@]2(CCCN(C(=O)c3cccc(-c4cccc(F)c4)c3)C2)C1. The number of hydrogen-bond donors (Lipinski definition) is 1. The quantitative estimate of drug-likeness (QED) is 0.866. The lowest BCUT2D eigenvalue weighted by Crippen LogP contribution is -2.59. The average Bonchev–Trinajstić information content (AvgIpc) is 2.71. The Balaban J connectivity index is 1.57. The summed E-state index contributed by atoms with van der Waals surface area (Å²) in [6.45, 7) is 3.01. The van der Waals surface area contributed by atoms with Gasteiger partial charge in [0.25, 0.3) is 5.91 Å². The zero-order valence-corrected chi connectivity index (χ0v) is 16.3. The maximum absolute atomic E-state index is 13.6. The van der Waals surface area contributed by atoms with Crippen molar-refractivity contribution in [3.05, 3.63) is 59.9 Å². The molecule has 0 radical (unpaired) electrons. The van der Waals surface area contributed by atoms with E-state index < -0.39 is 0 Å². The van der Waals surface area contributed by atoms with Crippen molar-refractivity contribution < 1.29 is 14.3 Å². The summed E-state index contributed by atoms with van der Waals surface area (Å²) < 4.78 is 13.6. The van der Waals surface area contributed by atoms with Gasteiger partial charge in [-0.3, -0.25) is 4.79 Å². The summed E-state index contributed by atoms with van der Waals surface area (Å²) in [7, 11) is 2.08. The molecule has 4 rings (SSSR count). The number of nitrogens with zero attached hydrogens (tertiary/aromatic N) is 2. The number of piperidine rings is 2. The smallest absolute Gasteiger partial charge is 0.253 e. The highest BCUT2D eigenvalue weighted by molar-refractivity contribution is 5.95. The van der Waals surface area contributed by atoms with Crippen LogP contribution in [-0.4, -0.2) is 60.1 Å². The minimum absolute atomic E-state index is 0.0160. The van der Waals surface area contributed by atoms with E-state index in [-0.39, 0.29) is 23.2 Å². The van der Waals surface area contributed by atoms with E-state index in [0.717, 1.165) is 43.5 Å². The number of halogens is 1. The molecule has 2 atom stereocenters. The predicted octanol–water partition coefficient (Wildman–Crippen LogP) is 3.41. The highest BCUT2D eigenvalue weighted by Crippen LogP contribution is 2.39. The molecule has 2 aliphatic rings. The Morgan fingerprint density at radius 3 is 2.64 bits per heavy atom. The summed E-state index contributed by atoms with van der Waals surface area (Å²) in [5, 5.41) is 10.7. The molecule has 0 saturated carbocycles. The molecule has 0 aromatic heterocycles. The van der Waals surface area contributed by atoms with Gasteiger partial charge in [-0.25, -0.2) is 4.39 Å². The molecule has 148 valence electrons. The van der Waals surface area contributed by atoms with Crippen LogP contribution in [0.25, 0.3) is 11.1 Å². The van der Waals surface area contributed by atoms with Crippen LogP contribution in [0.3, 0.4) is 0 Å². The van der Waals surface area contributed by atoms with Gasteiger partial charge < -0.3 is 14.9 Å². The summed E-state index contributed by atoms with van der Waals surface area (Å²) in [4.78, 5) is 17.4.